The molecule has 2 aromatic heterocycles. The number of hydrogen-bond donors (Lipinski definition) is 1. The van der Waals surface area contributed by atoms with E-state index in [2.05, 4.69) is 20.5 Å². The zero-order valence-electron chi connectivity index (χ0n) is 12.4. The molecule has 0 aromatic carbocycles. The van der Waals surface area contributed by atoms with Gasteiger partial charge in [0, 0.05) is 31.5 Å². The van der Waals surface area contributed by atoms with Gasteiger partial charge in [-0.2, -0.15) is 0 Å². The lowest BCUT2D eigenvalue weighted by molar-refractivity contribution is -0.120. The van der Waals surface area contributed by atoms with E-state index in [9.17, 15) is 4.79 Å². The molecule has 2 heterocycles. The van der Waals surface area contributed by atoms with Crippen LogP contribution in [0.15, 0.2) is 29.7 Å². The first-order valence-corrected chi connectivity index (χ1v) is 7.75. The van der Waals surface area contributed by atoms with Gasteiger partial charge in [0.2, 0.25) is 5.91 Å². The van der Waals surface area contributed by atoms with Gasteiger partial charge < -0.3 is 9.88 Å². The van der Waals surface area contributed by atoms with Crippen molar-refractivity contribution in [1.29, 1.82) is 0 Å². The van der Waals surface area contributed by atoms with E-state index < -0.39 is 0 Å². The molecule has 2 aromatic rings. The van der Waals surface area contributed by atoms with Crippen LogP contribution >= 0.6 is 11.8 Å². The summed E-state index contributed by atoms with van der Waals surface area (Å²) in [7, 11) is 1.89. The first kappa shape index (κ1) is 15.5. The van der Waals surface area contributed by atoms with Crippen LogP contribution in [0.5, 0.6) is 0 Å². The van der Waals surface area contributed by atoms with E-state index in [1.54, 1.807) is 12.4 Å². The number of pyridine rings is 1. The molecule has 1 atom stereocenters. The number of carbonyl (C=O) groups is 1. The number of amides is 1. The van der Waals surface area contributed by atoms with E-state index in [-0.39, 0.29) is 11.2 Å². The molecular weight excluding hydrogens is 286 g/mol. The van der Waals surface area contributed by atoms with E-state index in [1.165, 1.54) is 11.8 Å². The predicted molar refractivity (Wildman–Crippen MR) is 82.9 cm³/mol. The second kappa shape index (κ2) is 7.21. The number of nitrogens with zero attached hydrogens (tertiary/aromatic N) is 4. The summed E-state index contributed by atoms with van der Waals surface area (Å²) >= 11 is 1.40. The number of carbonyl (C=O) groups excluding carboxylic acids is 1. The second-order valence-corrected chi connectivity index (χ2v) is 5.97. The van der Waals surface area contributed by atoms with Gasteiger partial charge in [0.25, 0.3) is 0 Å². The molecule has 0 saturated carbocycles. The molecule has 1 unspecified atom stereocenters. The van der Waals surface area contributed by atoms with Gasteiger partial charge in [0.15, 0.2) is 11.0 Å². The molecule has 1 amide bonds. The summed E-state index contributed by atoms with van der Waals surface area (Å²) in [6.45, 7) is 4.60. The minimum absolute atomic E-state index is 0.0211. The fraction of sp³-hybridized carbons (Fsp3) is 0.429. The highest BCUT2D eigenvalue weighted by molar-refractivity contribution is 8.00. The monoisotopic (exact) mass is 305 g/mol. The van der Waals surface area contributed by atoms with Gasteiger partial charge >= 0.3 is 0 Å². The van der Waals surface area contributed by atoms with Crippen LogP contribution < -0.4 is 5.32 Å². The van der Waals surface area contributed by atoms with Crippen molar-refractivity contribution in [2.75, 3.05) is 6.54 Å². The molecule has 0 spiro atoms. The molecule has 0 saturated heterocycles. The summed E-state index contributed by atoms with van der Waals surface area (Å²) < 4.78 is 1.88. The van der Waals surface area contributed by atoms with Crippen LogP contribution in [0.1, 0.15) is 20.3 Å². The van der Waals surface area contributed by atoms with Gasteiger partial charge in [-0.15, -0.1) is 10.2 Å². The first-order valence-electron chi connectivity index (χ1n) is 6.87. The van der Waals surface area contributed by atoms with Crippen molar-refractivity contribution < 1.29 is 4.79 Å². The third-order valence-corrected chi connectivity index (χ3v) is 4.09. The molecule has 0 aliphatic heterocycles. The molecular formula is C14H19N5OS. The predicted octanol–water partition coefficient (Wildman–Crippen LogP) is 1.88. The van der Waals surface area contributed by atoms with Crippen LogP contribution in [0, 0.1) is 0 Å². The Morgan fingerprint density at radius 3 is 2.95 bits per heavy atom. The van der Waals surface area contributed by atoms with Crippen molar-refractivity contribution in [2.45, 2.75) is 30.7 Å². The number of thioether (sulfide) groups is 1. The van der Waals surface area contributed by atoms with Crippen molar-refractivity contribution in [1.82, 2.24) is 25.1 Å². The van der Waals surface area contributed by atoms with Crippen LogP contribution in [-0.4, -0.2) is 37.5 Å². The molecule has 112 valence electrons. The number of nitrogens with one attached hydrogen (secondary N) is 1. The summed E-state index contributed by atoms with van der Waals surface area (Å²) in [6, 6.07) is 3.79. The number of hydrogen-bond acceptors (Lipinski definition) is 5. The van der Waals surface area contributed by atoms with E-state index in [4.69, 9.17) is 0 Å². The SMILES string of the molecule is CCCNC(=O)C(C)Sc1nnc(-c2cccnc2)n1C. The summed E-state index contributed by atoms with van der Waals surface area (Å²) in [6.07, 6.45) is 4.39. The maximum Gasteiger partial charge on any atom is 0.233 e. The Morgan fingerprint density at radius 1 is 1.48 bits per heavy atom. The Balaban J connectivity index is 2.09. The smallest absolute Gasteiger partial charge is 0.233 e. The van der Waals surface area contributed by atoms with Crippen molar-refractivity contribution >= 4 is 17.7 Å². The molecule has 21 heavy (non-hydrogen) atoms. The Hall–Kier alpha value is -1.89. The highest BCUT2D eigenvalue weighted by Gasteiger charge is 2.18. The van der Waals surface area contributed by atoms with Crippen molar-refractivity contribution in [2.24, 2.45) is 7.05 Å². The minimum Gasteiger partial charge on any atom is -0.355 e. The number of aromatic nitrogens is 4. The van der Waals surface area contributed by atoms with E-state index in [1.807, 2.05) is 37.6 Å². The molecule has 0 bridgehead atoms. The Bertz CT molecular complexity index is 599. The molecule has 0 fully saturated rings. The maximum absolute atomic E-state index is 11.9. The molecule has 1 N–H and O–H groups in total. The average molecular weight is 305 g/mol. The molecule has 0 aliphatic carbocycles. The molecule has 7 heteroatoms. The van der Waals surface area contributed by atoms with Crippen LogP contribution in [0.3, 0.4) is 0 Å². The maximum atomic E-state index is 11.9. The van der Waals surface area contributed by atoms with Gasteiger partial charge in [-0.25, -0.2) is 0 Å². The Kier molecular flexibility index (Phi) is 5.32. The van der Waals surface area contributed by atoms with Crippen LogP contribution in [0.2, 0.25) is 0 Å². The summed E-state index contributed by atoms with van der Waals surface area (Å²) in [4.78, 5) is 16.0. The Morgan fingerprint density at radius 2 is 2.29 bits per heavy atom. The number of rotatable bonds is 6. The molecule has 0 radical (unpaired) electrons. The third-order valence-electron chi connectivity index (χ3n) is 2.96. The van der Waals surface area contributed by atoms with Crippen LogP contribution in [-0.2, 0) is 11.8 Å². The second-order valence-electron chi connectivity index (χ2n) is 4.66. The summed E-state index contributed by atoms with van der Waals surface area (Å²) in [5.74, 6) is 0.763. The van der Waals surface area contributed by atoms with E-state index in [0.717, 1.165) is 17.8 Å². The lowest BCUT2D eigenvalue weighted by Crippen LogP contribution is -2.31. The van der Waals surface area contributed by atoms with Gasteiger partial charge in [0.1, 0.15) is 0 Å². The van der Waals surface area contributed by atoms with Gasteiger partial charge in [0.05, 0.1) is 5.25 Å². The summed E-state index contributed by atoms with van der Waals surface area (Å²) in [5, 5.41) is 11.7. The van der Waals surface area contributed by atoms with Crippen molar-refractivity contribution in [3.05, 3.63) is 24.5 Å². The lowest BCUT2D eigenvalue weighted by atomic mass is 10.3. The zero-order valence-corrected chi connectivity index (χ0v) is 13.2. The van der Waals surface area contributed by atoms with Crippen LogP contribution in [0.25, 0.3) is 11.4 Å². The van der Waals surface area contributed by atoms with Gasteiger partial charge in [-0.1, -0.05) is 18.7 Å². The average Bonchev–Trinajstić information content (AvgIpc) is 2.86. The zero-order chi connectivity index (χ0) is 15.2. The van der Waals surface area contributed by atoms with E-state index in [0.29, 0.717) is 11.7 Å². The first-order chi connectivity index (χ1) is 10.1. The van der Waals surface area contributed by atoms with Crippen molar-refractivity contribution in [3.63, 3.8) is 0 Å². The van der Waals surface area contributed by atoms with Gasteiger partial charge in [-0.3, -0.25) is 9.78 Å². The third kappa shape index (κ3) is 3.81. The quantitative estimate of drug-likeness (QED) is 0.825. The summed E-state index contributed by atoms with van der Waals surface area (Å²) in [5.41, 5.74) is 0.905. The van der Waals surface area contributed by atoms with E-state index >= 15 is 0 Å². The normalized spacial score (nSPS) is 12.1. The lowest BCUT2D eigenvalue weighted by Gasteiger charge is -2.10. The molecule has 6 nitrogen and oxygen atoms in total. The van der Waals surface area contributed by atoms with Gasteiger partial charge in [-0.05, 0) is 25.5 Å². The largest absolute Gasteiger partial charge is 0.355 e. The fourth-order valence-electron chi connectivity index (χ4n) is 1.77. The highest BCUT2D eigenvalue weighted by Crippen LogP contribution is 2.25. The standard InChI is InChI=1S/C14H19N5OS/c1-4-7-16-13(20)10(2)21-14-18-17-12(19(14)3)11-6-5-8-15-9-11/h5-6,8-10H,4,7H2,1-3H3,(H,16,20). The van der Waals surface area contributed by atoms with Crippen molar-refractivity contribution in [3.8, 4) is 11.4 Å². The fourth-order valence-corrected chi connectivity index (χ4v) is 2.61. The Labute approximate surface area is 128 Å². The molecule has 2 rings (SSSR count). The van der Waals surface area contributed by atoms with Crippen LogP contribution in [0.4, 0.5) is 0 Å². The minimum atomic E-state index is -0.207. The molecule has 0 aliphatic rings. The highest BCUT2D eigenvalue weighted by atomic mass is 32.2. The topological polar surface area (TPSA) is 72.7 Å².